The highest BCUT2D eigenvalue weighted by Crippen LogP contribution is 2.40. The molecule has 1 aliphatic carbocycles. The van der Waals surface area contributed by atoms with Gasteiger partial charge in [-0.25, -0.2) is 0 Å². The van der Waals surface area contributed by atoms with Gasteiger partial charge >= 0.3 is 0 Å². The Balaban J connectivity index is 1.34. The van der Waals surface area contributed by atoms with E-state index in [0.717, 1.165) is 35.5 Å². The van der Waals surface area contributed by atoms with E-state index in [1.54, 1.807) is 36.4 Å². The third-order valence-corrected chi connectivity index (χ3v) is 7.00. The molecule has 5 rings (SSSR count). The average Bonchev–Trinajstić information content (AvgIpc) is 3.42. The molecule has 0 bridgehead atoms. The van der Waals surface area contributed by atoms with Gasteiger partial charge in [0.05, 0.1) is 5.56 Å². The summed E-state index contributed by atoms with van der Waals surface area (Å²) in [6.07, 6.45) is 2.75. The fourth-order valence-corrected chi connectivity index (χ4v) is 5.43. The van der Waals surface area contributed by atoms with Crippen molar-refractivity contribution >= 4 is 45.4 Å². The zero-order chi connectivity index (χ0) is 23.5. The molecular weight excluding hydrogens is 468 g/mol. The van der Waals surface area contributed by atoms with Crippen molar-refractivity contribution in [3.8, 4) is 11.5 Å². The van der Waals surface area contributed by atoms with Gasteiger partial charge in [-0.15, -0.1) is 11.3 Å². The minimum atomic E-state index is -0.293. The molecule has 0 aliphatic heterocycles. The van der Waals surface area contributed by atoms with Gasteiger partial charge in [0.2, 0.25) is 0 Å². The van der Waals surface area contributed by atoms with Crippen LogP contribution in [0, 0.1) is 0 Å². The topological polar surface area (TPSA) is 67.4 Å². The lowest BCUT2D eigenvalue weighted by Gasteiger charge is -2.11. The molecule has 2 amide bonds. The number of anilines is 2. The Labute approximate surface area is 206 Å². The largest absolute Gasteiger partial charge is 0.457 e. The van der Waals surface area contributed by atoms with Gasteiger partial charge < -0.3 is 15.4 Å². The van der Waals surface area contributed by atoms with Gasteiger partial charge in [-0.05, 0) is 79.4 Å². The molecule has 0 saturated heterocycles. The number of hydrogen-bond acceptors (Lipinski definition) is 4. The molecule has 7 heteroatoms. The Kier molecular flexibility index (Phi) is 6.34. The third kappa shape index (κ3) is 4.83. The lowest BCUT2D eigenvalue weighted by atomic mass is 10.1. The van der Waals surface area contributed by atoms with E-state index in [9.17, 15) is 9.59 Å². The van der Waals surface area contributed by atoms with Crippen LogP contribution in [0.5, 0.6) is 11.5 Å². The Morgan fingerprint density at radius 2 is 1.59 bits per heavy atom. The van der Waals surface area contributed by atoms with E-state index >= 15 is 0 Å². The first-order valence-electron chi connectivity index (χ1n) is 10.9. The number of halogens is 1. The number of fused-ring (bicyclic) bond motifs is 1. The number of para-hydroxylation sites is 1. The number of hydrogen-bond donors (Lipinski definition) is 2. The molecule has 0 unspecified atom stereocenters. The second-order valence-electron chi connectivity index (χ2n) is 7.92. The maximum Gasteiger partial charge on any atom is 0.258 e. The first-order chi connectivity index (χ1) is 16.6. The van der Waals surface area contributed by atoms with Crippen molar-refractivity contribution in [3.63, 3.8) is 0 Å². The van der Waals surface area contributed by atoms with Gasteiger partial charge in [-0.1, -0.05) is 35.9 Å². The van der Waals surface area contributed by atoms with Crippen molar-refractivity contribution in [1.82, 2.24) is 0 Å². The molecular formula is C27H21ClN2O3S. The predicted molar refractivity (Wildman–Crippen MR) is 137 cm³/mol. The summed E-state index contributed by atoms with van der Waals surface area (Å²) in [6, 6.07) is 23.5. The smallest absolute Gasteiger partial charge is 0.258 e. The number of nitrogens with one attached hydrogen (secondary N) is 2. The van der Waals surface area contributed by atoms with Crippen molar-refractivity contribution in [3.05, 3.63) is 105 Å². The molecule has 0 radical (unpaired) electrons. The molecule has 1 aromatic heterocycles. The quantitative estimate of drug-likeness (QED) is 0.302. The molecule has 0 atom stereocenters. The van der Waals surface area contributed by atoms with Gasteiger partial charge in [-0.2, -0.15) is 0 Å². The first-order valence-corrected chi connectivity index (χ1v) is 12.1. The van der Waals surface area contributed by atoms with Crippen LogP contribution in [0.15, 0.2) is 78.9 Å². The SMILES string of the molecule is O=C(Nc1sc2c(c1C(=O)Nc1ccc(Oc3ccccc3)cc1)CCC2)c1cccc(Cl)c1. The van der Waals surface area contributed by atoms with Crippen molar-refractivity contribution in [1.29, 1.82) is 0 Å². The second-order valence-corrected chi connectivity index (χ2v) is 9.46. The van der Waals surface area contributed by atoms with Gasteiger partial charge in [-0.3, -0.25) is 9.59 Å². The van der Waals surface area contributed by atoms with Crippen molar-refractivity contribution < 1.29 is 14.3 Å². The number of carbonyl (C=O) groups is 2. The Morgan fingerprint density at radius 3 is 2.35 bits per heavy atom. The normalized spacial score (nSPS) is 12.1. The Bertz CT molecular complexity index is 1350. The van der Waals surface area contributed by atoms with Crippen LogP contribution in [0.4, 0.5) is 10.7 Å². The Morgan fingerprint density at radius 1 is 0.824 bits per heavy atom. The lowest BCUT2D eigenvalue weighted by molar-refractivity contribution is 0.102. The molecule has 1 heterocycles. The summed E-state index contributed by atoms with van der Waals surface area (Å²) in [4.78, 5) is 27.3. The van der Waals surface area contributed by atoms with Crippen molar-refractivity contribution in [2.45, 2.75) is 19.3 Å². The second kappa shape index (κ2) is 9.71. The van der Waals surface area contributed by atoms with Crippen LogP contribution < -0.4 is 15.4 Å². The number of aryl methyl sites for hydroxylation is 1. The molecule has 34 heavy (non-hydrogen) atoms. The highest BCUT2D eigenvalue weighted by molar-refractivity contribution is 7.17. The molecule has 2 N–H and O–H groups in total. The molecule has 1 aliphatic rings. The molecule has 0 spiro atoms. The Hall–Kier alpha value is -3.61. The number of carbonyl (C=O) groups excluding carboxylic acids is 2. The average molecular weight is 489 g/mol. The molecule has 3 aromatic carbocycles. The van der Waals surface area contributed by atoms with E-state index in [0.29, 0.717) is 32.6 Å². The molecule has 5 nitrogen and oxygen atoms in total. The predicted octanol–water partition coefficient (Wildman–Crippen LogP) is 7.19. The standard InChI is InChI=1S/C27H21ClN2O3S/c28-18-7-4-6-17(16-18)25(31)30-27-24(22-10-5-11-23(22)34-27)26(32)29-19-12-14-21(15-13-19)33-20-8-2-1-3-9-20/h1-4,6-9,12-16H,5,10-11H2,(H,29,32)(H,30,31). The number of amides is 2. The molecule has 0 saturated carbocycles. The summed E-state index contributed by atoms with van der Waals surface area (Å²) in [5.41, 5.74) is 2.65. The summed E-state index contributed by atoms with van der Waals surface area (Å²) in [6.45, 7) is 0. The highest BCUT2D eigenvalue weighted by Gasteiger charge is 2.27. The van der Waals surface area contributed by atoms with Crippen LogP contribution in [-0.2, 0) is 12.8 Å². The minimum absolute atomic E-state index is 0.238. The molecule has 4 aromatic rings. The van der Waals surface area contributed by atoms with Crippen molar-refractivity contribution in [2.24, 2.45) is 0 Å². The van der Waals surface area contributed by atoms with E-state index in [1.165, 1.54) is 11.3 Å². The van der Waals surface area contributed by atoms with Gasteiger partial charge in [0.1, 0.15) is 16.5 Å². The van der Waals surface area contributed by atoms with Gasteiger partial charge in [0.15, 0.2) is 0 Å². The minimum Gasteiger partial charge on any atom is -0.457 e. The first kappa shape index (κ1) is 22.2. The van der Waals surface area contributed by atoms with Crippen LogP contribution >= 0.6 is 22.9 Å². The van der Waals surface area contributed by atoms with Crippen LogP contribution in [0.3, 0.4) is 0 Å². The number of thiophene rings is 1. The zero-order valence-corrected chi connectivity index (χ0v) is 19.7. The zero-order valence-electron chi connectivity index (χ0n) is 18.1. The maximum absolute atomic E-state index is 13.3. The van der Waals surface area contributed by atoms with E-state index in [1.807, 2.05) is 42.5 Å². The van der Waals surface area contributed by atoms with E-state index in [-0.39, 0.29) is 11.8 Å². The summed E-state index contributed by atoms with van der Waals surface area (Å²) in [5, 5.41) is 6.95. The van der Waals surface area contributed by atoms with Crippen LogP contribution in [0.2, 0.25) is 5.02 Å². The van der Waals surface area contributed by atoms with Crippen molar-refractivity contribution in [2.75, 3.05) is 10.6 Å². The number of benzene rings is 3. The fourth-order valence-electron chi connectivity index (χ4n) is 3.96. The molecule has 0 fully saturated rings. The summed E-state index contributed by atoms with van der Waals surface area (Å²) >= 11 is 7.50. The number of rotatable bonds is 6. The number of ether oxygens (including phenoxy) is 1. The monoisotopic (exact) mass is 488 g/mol. The summed E-state index contributed by atoms with van der Waals surface area (Å²) in [5.74, 6) is 0.889. The summed E-state index contributed by atoms with van der Waals surface area (Å²) < 4.78 is 5.82. The molecule has 170 valence electrons. The van der Waals surface area contributed by atoms with Crippen LogP contribution in [-0.4, -0.2) is 11.8 Å². The lowest BCUT2D eigenvalue weighted by Crippen LogP contribution is -2.18. The van der Waals surface area contributed by atoms with Gasteiger partial charge in [0, 0.05) is 21.2 Å². The third-order valence-electron chi connectivity index (χ3n) is 5.55. The highest BCUT2D eigenvalue weighted by atomic mass is 35.5. The van der Waals surface area contributed by atoms with Gasteiger partial charge in [0.25, 0.3) is 11.8 Å². The van der Waals surface area contributed by atoms with E-state index in [2.05, 4.69) is 10.6 Å². The van der Waals surface area contributed by atoms with Crippen LogP contribution in [0.25, 0.3) is 0 Å². The maximum atomic E-state index is 13.3. The fraction of sp³-hybridized carbons (Fsp3) is 0.111. The summed E-state index contributed by atoms with van der Waals surface area (Å²) in [7, 11) is 0. The van der Waals surface area contributed by atoms with E-state index in [4.69, 9.17) is 16.3 Å². The van der Waals surface area contributed by atoms with Crippen LogP contribution in [0.1, 0.15) is 37.6 Å². The van der Waals surface area contributed by atoms with E-state index < -0.39 is 0 Å².